The fourth-order valence-electron chi connectivity index (χ4n) is 4.23. The van der Waals surface area contributed by atoms with E-state index in [0.29, 0.717) is 35.8 Å². The molecule has 1 aromatic heterocycles. The molecular weight excluding hydrogens is 456 g/mol. The average Bonchev–Trinajstić information content (AvgIpc) is 3.33. The number of ether oxygens (including phenoxy) is 3. The summed E-state index contributed by atoms with van der Waals surface area (Å²) in [6, 6.07) is 18.7. The van der Waals surface area contributed by atoms with Crippen molar-refractivity contribution in [2.24, 2.45) is 0 Å². The molecule has 1 heterocycles. The monoisotopic (exact) mass is 488 g/mol. The molecule has 1 atom stereocenters. The lowest BCUT2D eigenvalue weighted by Gasteiger charge is -2.18. The van der Waals surface area contributed by atoms with Crippen LogP contribution in [-0.4, -0.2) is 49.5 Å². The van der Waals surface area contributed by atoms with E-state index < -0.39 is 6.04 Å². The summed E-state index contributed by atoms with van der Waals surface area (Å²) >= 11 is 0. The summed E-state index contributed by atoms with van der Waals surface area (Å²) in [5.41, 5.74) is 4.18. The molecule has 7 nitrogen and oxygen atoms in total. The molecule has 3 N–H and O–H groups in total. The number of aromatic nitrogens is 1. The highest BCUT2D eigenvalue weighted by Crippen LogP contribution is 2.34. The summed E-state index contributed by atoms with van der Waals surface area (Å²) in [4.78, 5) is 16.7. The third kappa shape index (κ3) is 5.47. The zero-order valence-corrected chi connectivity index (χ0v) is 20.8. The molecule has 0 fully saturated rings. The van der Waals surface area contributed by atoms with Crippen LogP contribution in [0.4, 0.5) is 0 Å². The fraction of sp³-hybridized carbons (Fsp3) is 0.276. The summed E-state index contributed by atoms with van der Waals surface area (Å²) < 4.78 is 16.7. The number of benzene rings is 3. The van der Waals surface area contributed by atoms with Crippen molar-refractivity contribution in [3.05, 3.63) is 78.0 Å². The number of carbonyl (C=O) groups excluding carboxylic acids is 1. The number of rotatable bonds is 11. The number of methoxy groups -OCH3 is 2. The second-order valence-electron chi connectivity index (χ2n) is 8.55. The minimum Gasteiger partial charge on any atom is -0.493 e. The molecule has 1 unspecified atom stereocenters. The summed E-state index contributed by atoms with van der Waals surface area (Å²) in [5.74, 6) is 1.43. The van der Waals surface area contributed by atoms with Crippen LogP contribution in [0.3, 0.4) is 0 Å². The van der Waals surface area contributed by atoms with Crippen molar-refractivity contribution in [2.75, 3.05) is 27.4 Å². The van der Waals surface area contributed by atoms with Gasteiger partial charge in [0.05, 0.1) is 39.0 Å². The Morgan fingerprint density at radius 1 is 0.972 bits per heavy atom. The number of hydrogen-bond acceptors (Lipinski definition) is 5. The maximum Gasteiger partial charge on any atom is 0.255 e. The van der Waals surface area contributed by atoms with Crippen molar-refractivity contribution < 1.29 is 24.1 Å². The lowest BCUT2D eigenvalue weighted by Crippen LogP contribution is -2.39. The van der Waals surface area contributed by atoms with E-state index in [1.54, 1.807) is 14.2 Å². The minimum atomic E-state index is -0.458. The molecule has 7 heteroatoms. The summed E-state index contributed by atoms with van der Waals surface area (Å²) in [5, 5.41) is 14.1. The first-order valence-electron chi connectivity index (χ1n) is 12.0. The molecule has 0 saturated carbocycles. The molecule has 0 aliphatic heterocycles. The van der Waals surface area contributed by atoms with Crippen LogP contribution in [0, 0.1) is 0 Å². The number of aliphatic hydroxyl groups excluding tert-OH is 1. The van der Waals surface area contributed by atoms with E-state index in [0.717, 1.165) is 34.0 Å². The molecule has 0 saturated heterocycles. The van der Waals surface area contributed by atoms with Gasteiger partial charge in [0.2, 0.25) is 0 Å². The van der Waals surface area contributed by atoms with E-state index in [4.69, 9.17) is 14.2 Å². The highest BCUT2D eigenvalue weighted by atomic mass is 16.5. The number of fused-ring (bicyclic) bond motifs is 1. The highest BCUT2D eigenvalue weighted by Gasteiger charge is 2.20. The van der Waals surface area contributed by atoms with Crippen LogP contribution in [0.25, 0.3) is 22.0 Å². The smallest absolute Gasteiger partial charge is 0.255 e. The molecule has 0 bridgehead atoms. The average molecular weight is 489 g/mol. The van der Waals surface area contributed by atoms with Gasteiger partial charge >= 0.3 is 0 Å². The molecular formula is C29H32N2O5. The van der Waals surface area contributed by atoms with Crippen LogP contribution in [-0.2, 0) is 6.42 Å². The molecule has 36 heavy (non-hydrogen) atoms. The maximum absolute atomic E-state index is 13.4. The second kappa shape index (κ2) is 11.6. The van der Waals surface area contributed by atoms with Gasteiger partial charge in [-0.15, -0.1) is 0 Å². The standard InChI is InChI=1S/C29H32N2O5/c1-4-13-36-26-11-9-19(20-10-12-27(34-2)28(16-20)35-3)15-24(26)29(33)31-22(18-32)14-21-17-30-25-8-6-5-7-23(21)25/h5-12,15-17,22,30,32H,4,13-14,18H2,1-3H3,(H,31,33). The van der Waals surface area contributed by atoms with Gasteiger partial charge in [-0.1, -0.05) is 37.3 Å². The number of para-hydroxylation sites is 1. The zero-order chi connectivity index (χ0) is 25.5. The van der Waals surface area contributed by atoms with Crippen molar-refractivity contribution in [3.8, 4) is 28.4 Å². The second-order valence-corrected chi connectivity index (χ2v) is 8.55. The molecule has 0 radical (unpaired) electrons. The lowest BCUT2D eigenvalue weighted by molar-refractivity contribution is 0.0912. The molecule has 0 aliphatic carbocycles. The van der Waals surface area contributed by atoms with E-state index in [2.05, 4.69) is 10.3 Å². The first kappa shape index (κ1) is 25.1. The van der Waals surface area contributed by atoms with Gasteiger partial charge in [0.25, 0.3) is 5.91 Å². The van der Waals surface area contributed by atoms with Crippen LogP contribution in [0.2, 0.25) is 0 Å². The quantitative estimate of drug-likeness (QED) is 0.277. The molecule has 1 amide bonds. The van der Waals surface area contributed by atoms with E-state index in [9.17, 15) is 9.90 Å². The van der Waals surface area contributed by atoms with E-state index >= 15 is 0 Å². The minimum absolute atomic E-state index is 0.189. The molecule has 4 aromatic rings. The molecule has 0 aliphatic rings. The van der Waals surface area contributed by atoms with Crippen molar-refractivity contribution in [1.82, 2.24) is 10.3 Å². The van der Waals surface area contributed by atoms with Gasteiger partial charge in [-0.2, -0.15) is 0 Å². The number of amides is 1. The maximum atomic E-state index is 13.4. The van der Waals surface area contributed by atoms with Gasteiger partial charge in [0.1, 0.15) is 5.75 Å². The number of aromatic amines is 1. The number of aliphatic hydroxyl groups is 1. The number of hydrogen-bond donors (Lipinski definition) is 3. The van der Waals surface area contributed by atoms with Gasteiger partial charge < -0.3 is 29.6 Å². The van der Waals surface area contributed by atoms with E-state index in [1.165, 1.54) is 0 Å². The molecule has 0 spiro atoms. The molecule has 3 aromatic carbocycles. The Labute approximate surface area is 211 Å². The van der Waals surface area contributed by atoms with E-state index in [1.807, 2.05) is 73.8 Å². The summed E-state index contributed by atoms with van der Waals surface area (Å²) in [7, 11) is 3.18. The predicted octanol–water partition coefficient (Wildman–Crippen LogP) is 4.97. The van der Waals surface area contributed by atoms with Crippen LogP contribution in [0.1, 0.15) is 29.3 Å². The normalized spacial score (nSPS) is 11.8. The van der Waals surface area contributed by atoms with Crippen LogP contribution < -0.4 is 19.5 Å². The van der Waals surface area contributed by atoms with Crippen molar-refractivity contribution in [2.45, 2.75) is 25.8 Å². The Morgan fingerprint density at radius 2 is 1.69 bits per heavy atom. The van der Waals surface area contributed by atoms with Gasteiger partial charge in [-0.25, -0.2) is 0 Å². The Hall–Kier alpha value is -3.97. The third-order valence-electron chi connectivity index (χ3n) is 6.10. The zero-order valence-electron chi connectivity index (χ0n) is 20.8. The molecule has 188 valence electrons. The Morgan fingerprint density at radius 3 is 2.42 bits per heavy atom. The Balaban J connectivity index is 1.61. The number of carbonyl (C=O) groups is 1. The van der Waals surface area contributed by atoms with Crippen LogP contribution in [0.5, 0.6) is 17.2 Å². The van der Waals surface area contributed by atoms with Gasteiger partial charge in [0.15, 0.2) is 11.5 Å². The fourth-order valence-corrected chi connectivity index (χ4v) is 4.23. The first-order valence-corrected chi connectivity index (χ1v) is 12.0. The van der Waals surface area contributed by atoms with Crippen molar-refractivity contribution >= 4 is 16.8 Å². The lowest BCUT2D eigenvalue weighted by atomic mass is 10.0. The number of nitrogens with one attached hydrogen (secondary N) is 2. The van der Waals surface area contributed by atoms with E-state index in [-0.39, 0.29) is 12.5 Å². The summed E-state index contributed by atoms with van der Waals surface area (Å²) in [6.07, 6.45) is 3.23. The third-order valence-corrected chi connectivity index (χ3v) is 6.10. The highest BCUT2D eigenvalue weighted by molar-refractivity contribution is 5.98. The van der Waals surface area contributed by atoms with Crippen molar-refractivity contribution in [3.63, 3.8) is 0 Å². The Kier molecular flexibility index (Phi) is 8.13. The predicted molar refractivity (Wildman–Crippen MR) is 141 cm³/mol. The molecule has 4 rings (SSSR count). The summed E-state index contributed by atoms with van der Waals surface area (Å²) in [6.45, 7) is 2.32. The van der Waals surface area contributed by atoms with Crippen LogP contribution >= 0.6 is 0 Å². The Bertz CT molecular complexity index is 1330. The number of H-pyrrole nitrogens is 1. The van der Waals surface area contributed by atoms with Gasteiger partial charge in [0, 0.05) is 17.1 Å². The largest absolute Gasteiger partial charge is 0.493 e. The van der Waals surface area contributed by atoms with Crippen molar-refractivity contribution in [1.29, 1.82) is 0 Å². The topological polar surface area (TPSA) is 92.8 Å². The SMILES string of the molecule is CCCOc1ccc(-c2ccc(OC)c(OC)c2)cc1C(=O)NC(CO)Cc1c[nH]c2ccccc12. The van der Waals surface area contributed by atoms with Gasteiger partial charge in [-0.3, -0.25) is 4.79 Å². The first-order chi connectivity index (χ1) is 17.6. The van der Waals surface area contributed by atoms with Crippen LogP contribution in [0.15, 0.2) is 66.9 Å². The van der Waals surface area contributed by atoms with Gasteiger partial charge in [-0.05, 0) is 59.9 Å².